The number of nitrogens with one attached hydrogen (secondary N) is 1. The van der Waals surface area contributed by atoms with Crippen molar-refractivity contribution in [1.29, 1.82) is 0 Å². The van der Waals surface area contributed by atoms with Crippen LogP contribution in [-0.4, -0.2) is 33.6 Å². The normalized spacial score (nSPS) is 10.9. The average Bonchev–Trinajstić information content (AvgIpc) is 3.58. The summed E-state index contributed by atoms with van der Waals surface area (Å²) >= 11 is 0. The van der Waals surface area contributed by atoms with E-state index in [9.17, 15) is 25.0 Å². The smallest absolute Gasteiger partial charge is 0.318 e. The second kappa shape index (κ2) is 14.1. The molecule has 1 aromatic heterocycles. The monoisotopic (exact) mass is 653 g/mol. The highest BCUT2D eigenvalue weighted by Gasteiger charge is 2.22. The van der Waals surface area contributed by atoms with Gasteiger partial charge in [0, 0.05) is 17.3 Å². The molecule has 1 N–H and O–H groups in total. The molecule has 0 atom stereocenters. The van der Waals surface area contributed by atoms with Gasteiger partial charge in [0.2, 0.25) is 5.75 Å². The van der Waals surface area contributed by atoms with Crippen LogP contribution in [0.3, 0.4) is 0 Å². The maximum absolute atomic E-state index is 13.0. The lowest BCUT2D eigenvalue weighted by Crippen LogP contribution is -2.17. The molecule has 242 valence electrons. The number of nitro groups is 2. The zero-order chi connectivity index (χ0) is 34.3. The number of nitrogens with zero attached hydrogens (tertiary/aromatic N) is 4. The Bertz CT molecular complexity index is 2120. The average molecular weight is 654 g/mol. The van der Waals surface area contributed by atoms with Crippen LogP contribution in [0.4, 0.5) is 11.4 Å². The highest BCUT2D eigenvalue weighted by molar-refractivity contribution is 5.95. The summed E-state index contributed by atoms with van der Waals surface area (Å²) in [6.07, 6.45) is 1.41. The van der Waals surface area contributed by atoms with Gasteiger partial charge in [0.15, 0.2) is 11.5 Å². The van der Waals surface area contributed by atoms with Crippen LogP contribution in [0.25, 0.3) is 28.2 Å². The number of rotatable bonds is 11. The van der Waals surface area contributed by atoms with E-state index in [1.165, 1.54) is 19.4 Å². The van der Waals surface area contributed by atoms with E-state index in [1.54, 1.807) is 24.3 Å². The topological polar surface area (TPSA) is 151 Å². The summed E-state index contributed by atoms with van der Waals surface area (Å²) < 4.78 is 13.2. The predicted octanol–water partition coefficient (Wildman–Crippen LogP) is 8.19. The first-order valence-corrected chi connectivity index (χ1v) is 14.9. The van der Waals surface area contributed by atoms with Crippen molar-refractivity contribution in [2.45, 2.75) is 0 Å². The van der Waals surface area contributed by atoms with Crippen molar-refractivity contribution in [3.63, 3.8) is 0 Å². The van der Waals surface area contributed by atoms with Crippen molar-refractivity contribution >= 4 is 23.5 Å². The van der Waals surface area contributed by atoms with Gasteiger partial charge in [-0.2, -0.15) is 5.10 Å². The second-order valence-corrected chi connectivity index (χ2v) is 10.6. The molecule has 0 aliphatic rings. The number of nitro benzene ring substituents is 2. The van der Waals surface area contributed by atoms with E-state index >= 15 is 0 Å². The molecular formula is C37H27N5O7. The number of hydrogen-bond acceptors (Lipinski definition) is 8. The number of hydrogen-bond donors (Lipinski definition) is 1. The molecule has 12 heteroatoms. The maximum Gasteiger partial charge on any atom is 0.318 e. The van der Waals surface area contributed by atoms with Gasteiger partial charge < -0.3 is 14.0 Å². The Kier molecular flexibility index (Phi) is 9.20. The SMILES string of the molecule is COc1cc(/C=N/NC(=O)c2ccc(-n3c(-c4ccccc4)ccc3-c3ccccc3)cc2)ccc1Oc1ccc([N+](=O)[O-])cc1[N+](=O)[O-]. The van der Waals surface area contributed by atoms with Crippen molar-refractivity contribution in [3.8, 4) is 45.5 Å². The summed E-state index contributed by atoms with van der Waals surface area (Å²) in [6, 6.07) is 39.3. The number of aromatic nitrogens is 1. The molecule has 6 aromatic rings. The first-order valence-electron chi connectivity index (χ1n) is 14.9. The van der Waals surface area contributed by atoms with E-state index in [4.69, 9.17) is 9.47 Å². The fraction of sp³-hybridized carbons (Fsp3) is 0.0270. The molecule has 0 unspecified atom stereocenters. The van der Waals surface area contributed by atoms with Gasteiger partial charge in [-0.25, -0.2) is 5.43 Å². The number of amides is 1. The number of non-ortho nitro benzene ring substituents is 1. The van der Waals surface area contributed by atoms with Gasteiger partial charge in [-0.3, -0.25) is 25.0 Å². The predicted molar refractivity (Wildman–Crippen MR) is 185 cm³/mol. The van der Waals surface area contributed by atoms with Gasteiger partial charge in [0.1, 0.15) is 0 Å². The van der Waals surface area contributed by atoms with E-state index in [1.807, 2.05) is 48.5 Å². The van der Waals surface area contributed by atoms with Gasteiger partial charge in [-0.15, -0.1) is 0 Å². The number of hydrazone groups is 1. The Balaban J connectivity index is 1.17. The molecule has 1 heterocycles. The van der Waals surface area contributed by atoms with Crippen molar-refractivity contribution in [2.75, 3.05) is 7.11 Å². The van der Waals surface area contributed by atoms with E-state index in [0.29, 0.717) is 11.1 Å². The lowest BCUT2D eigenvalue weighted by molar-refractivity contribution is -0.394. The van der Waals surface area contributed by atoms with Crippen LogP contribution in [0.5, 0.6) is 17.2 Å². The van der Waals surface area contributed by atoms with Crippen molar-refractivity contribution in [3.05, 3.63) is 165 Å². The molecule has 1 amide bonds. The molecule has 5 aromatic carbocycles. The molecule has 0 saturated carbocycles. The Morgan fingerprint density at radius 2 is 1.33 bits per heavy atom. The van der Waals surface area contributed by atoms with E-state index in [2.05, 4.69) is 51.5 Å². The summed E-state index contributed by atoms with van der Waals surface area (Å²) in [4.78, 5) is 34.0. The number of ether oxygens (including phenoxy) is 2. The molecular weight excluding hydrogens is 626 g/mol. The fourth-order valence-electron chi connectivity index (χ4n) is 5.19. The van der Waals surface area contributed by atoms with Crippen LogP contribution in [0.2, 0.25) is 0 Å². The number of methoxy groups -OCH3 is 1. The first kappa shape index (κ1) is 31.9. The summed E-state index contributed by atoms with van der Waals surface area (Å²) in [5.41, 5.74) is 7.49. The Hall–Kier alpha value is -7.08. The first-order chi connectivity index (χ1) is 23.8. The zero-order valence-corrected chi connectivity index (χ0v) is 25.9. The van der Waals surface area contributed by atoms with Gasteiger partial charge >= 0.3 is 5.69 Å². The van der Waals surface area contributed by atoms with Crippen LogP contribution < -0.4 is 14.9 Å². The second-order valence-electron chi connectivity index (χ2n) is 10.6. The van der Waals surface area contributed by atoms with Crippen LogP contribution in [0, 0.1) is 20.2 Å². The van der Waals surface area contributed by atoms with E-state index < -0.39 is 27.1 Å². The van der Waals surface area contributed by atoms with Crippen molar-refractivity contribution in [2.24, 2.45) is 5.10 Å². The quantitative estimate of drug-likeness (QED) is 0.0841. The molecule has 12 nitrogen and oxygen atoms in total. The number of carbonyl (C=O) groups excluding carboxylic acids is 1. The molecule has 0 spiro atoms. The van der Waals surface area contributed by atoms with Crippen molar-refractivity contribution in [1.82, 2.24) is 9.99 Å². The third-order valence-corrected chi connectivity index (χ3v) is 7.55. The number of carbonyl (C=O) groups is 1. The maximum atomic E-state index is 13.0. The van der Waals surface area contributed by atoms with E-state index in [0.717, 1.165) is 46.4 Å². The van der Waals surface area contributed by atoms with Gasteiger partial charge in [0.05, 0.1) is 40.6 Å². The minimum absolute atomic E-state index is 0.134. The van der Waals surface area contributed by atoms with Crippen LogP contribution >= 0.6 is 0 Å². The highest BCUT2D eigenvalue weighted by atomic mass is 16.6. The summed E-state index contributed by atoms with van der Waals surface area (Å²) in [7, 11) is 1.39. The summed E-state index contributed by atoms with van der Waals surface area (Å²) in [5, 5.41) is 26.6. The lowest BCUT2D eigenvalue weighted by atomic mass is 10.1. The Labute approximate surface area is 279 Å². The zero-order valence-electron chi connectivity index (χ0n) is 25.9. The van der Waals surface area contributed by atoms with Gasteiger partial charge in [0.25, 0.3) is 11.6 Å². The molecule has 0 fully saturated rings. The van der Waals surface area contributed by atoms with Gasteiger partial charge in [-0.05, 0) is 77.4 Å². The lowest BCUT2D eigenvalue weighted by Gasteiger charge is -2.15. The third-order valence-electron chi connectivity index (χ3n) is 7.55. The van der Waals surface area contributed by atoms with Crippen LogP contribution in [0.1, 0.15) is 15.9 Å². The standard InChI is InChI=1S/C37H27N5O7/c1-48-36-22-25(12-20-35(36)49-34-21-17-30(41(44)45)23-33(34)42(46)47)24-38-39-37(43)28-13-15-29(16-14-28)40-31(26-8-4-2-5-9-26)18-19-32(40)27-10-6-3-7-11-27/h2-24H,1H3,(H,39,43)/b38-24+. The molecule has 0 saturated heterocycles. The van der Waals surface area contributed by atoms with E-state index in [-0.39, 0.29) is 17.2 Å². The molecule has 0 radical (unpaired) electrons. The molecule has 0 bridgehead atoms. The molecule has 49 heavy (non-hydrogen) atoms. The third kappa shape index (κ3) is 7.03. The summed E-state index contributed by atoms with van der Waals surface area (Å²) in [5.74, 6) is -0.264. The van der Waals surface area contributed by atoms with Crippen LogP contribution in [-0.2, 0) is 0 Å². The minimum Gasteiger partial charge on any atom is -0.493 e. The van der Waals surface area contributed by atoms with Crippen molar-refractivity contribution < 1.29 is 24.1 Å². The fourth-order valence-corrected chi connectivity index (χ4v) is 5.19. The Morgan fingerprint density at radius 3 is 1.90 bits per heavy atom. The molecule has 0 aliphatic carbocycles. The highest BCUT2D eigenvalue weighted by Crippen LogP contribution is 2.38. The summed E-state index contributed by atoms with van der Waals surface area (Å²) in [6.45, 7) is 0. The molecule has 0 aliphatic heterocycles. The largest absolute Gasteiger partial charge is 0.493 e. The van der Waals surface area contributed by atoms with Crippen LogP contribution in [0.15, 0.2) is 139 Å². The minimum atomic E-state index is -0.767. The van der Waals surface area contributed by atoms with Gasteiger partial charge in [-0.1, -0.05) is 60.7 Å². The Morgan fingerprint density at radius 1 is 0.714 bits per heavy atom. The number of benzene rings is 5. The molecule has 6 rings (SSSR count).